The van der Waals surface area contributed by atoms with Crippen LogP contribution in [-0.4, -0.2) is 52.1 Å². The molecule has 2 heterocycles. The molecule has 3 aromatic rings. The maximum Gasteiger partial charge on any atom is 0.416 e. The van der Waals surface area contributed by atoms with E-state index >= 15 is 0 Å². The molecule has 2 aromatic heterocycles. The van der Waals surface area contributed by atoms with E-state index in [4.69, 9.17) is 11.6 Å². The average molecular weight is 646 g/mol. The lowest BCUT2D eigenvalue weighted by atomic mass is 9.94. The fourth-order valence-electron chi connectivity index (χ4n) is 5.09. The SMILES string of the molecule is Cc1cccc(C#N)c1-c1cc(Cl)nc([C@H](CC(=O)O)NC(=O)C(CC(C)C)n2cc(CCN(C)C)c(C(F)(F)F)cc2=O)c1. The topological polar surface area (TPSA) is 128 Å². The Kier molecular flexibility index (Phi) is 11.5. The number of hydrogen-bond donors (Lipinski definition) is 2. The van der Waals surface area contributed by atoms with E-state index in [2.05, 4.69) is 16.4 Å². The molecule has 2 N–H and O–H groups in total. The third-order valence-electron chi connectivity index (χ3n) is 7.18. The summed E-state index contributed by atoms with van der Waals surface area (Å²) >= 11 is 6.34. The van der Waals surface area contributed by atoms with Gasteiger partial charge in [-0.05, 0) is 74.7 Å². The first-order valence-corrected chi connectivity index (χ1v) is 14.6. The number of aliphatic carboxylic acids is 1. The van der Waals surface area contributed by atoms with Crippen molar-refractivity contribution in [1.82, 2.24) is 19.8 Å². The molecule has 0 spiro atoms. The molecule has 13 heteroatoms. The van der Waals surface area contributed by atoms with Crippen molar-refractivity contribution >= 4 is 23.5 Å². The standard InChI is InChI=1S/C32H35ClF3N5O4/c1-18(2)11-26(41-17-21(9-10-40(4)5)23(14-28(41)42)32(34,35)36)31(45)39-25(15-29(43)44)24-12-22(13-27(33)38-24)30-19(3)7-6-8-20(30)16-37/h6-8,12-14,17-18,25-26H,9-11,15H2,1-5H3,(H,39,45)(H,43,44)/t25-,26?/m0/s1. The van der Waals surface area contributed by atoms with Gasteiger partial charge in [-0.2, -0.15) is 18.4 Å². The molecule has 0 aliphatic carbocycles. The minimum Gasteiger partial charge on any atom is -0.481 e. The molecule has 1 unspecified atom stereocenters. The molecule has 0 aliphatic rings. The molecule has 2 atom stereocenters. The summed E-state index contributed by atoms with van der Waals surface area (Å²) < 4.78 is 42.6. The van der Waals surface area contributed by atoms with E-state index in [1.54, 1.807) is 58.0 Å². The highest BCUT2D eigenvalue weighted by molar-refractivity contribution is 6.29. The highest BCUT2D eigenvalue weighted by Gasteiger charge is 2.36. The van der Waals surface area contributed by atoms with Gasteiger partial charge in [-0.1, -0.05) is 37.6 Å². The number of nitriles is 1. The van der Waals surface area contributed by atoms with Gasteiger partial charge in [0.1, 0.15) is 11.2 Å². The van der Waals surface area contributed by atoms with Crippen LogP contribution >= 0.6 is 11.6 Å². The molecule has 0 radical (unpaired) electrons. The van der Waals surface area contributed by atoms with Gasteiger partial charge >= 0.3 is 12.1 Å². The molecule has 9 nitrogen and oxygen atoms in total. The molecule has 240 valence electrons. The Morgan fingerprint density at radius 1 is 1.20 bits per heavy atom. The van der Waals surface area contributed by atoms with Gasteiger partial charge in [0.15, 0.2) is 0 Å². The number of carboxylic acids is 1. The van der Waals surface area contributed by atoms with E-state index in [1.165, 1.54) is 12.1 Å². The van der Waals surface area contributed by atoms with Crippen molar-refractivity contribution in [2.45, 2.75) is 58.3 Å². The molecule has 0 saturated carbocycles. The lowest BCUT2D eigenvalue weighted by molar-refractivity contribution is -0.139. The van der Waals surface area contributed by atoms with Crippen LogP contribution in [0.5, 0.6) is 0 Å². The number of benzene rings is 1. The van der Waals surface area contributed by atoms with E-state index < -0.39 is 47.7 Å². The number of aromatic nitrogens is 2. The van der Waals surface area contributed by atoms with Gasteiger partial charge < -0.3 is 19.9 Å². The van der Waals surface area contributed by atoms with Crippen molar-refractivity contribution < 1.29 is 27.9 Å². The summed E-state index contributed by atoms with van der Waals surface area (Å²) in [6.07, 6.45) is -4.26. The largest absolute Gasteiger partial charge is 0.481 e. The van der Waals surface area contributed by atoms with Gasteiger partial charge in [0, 0.05) is 24.4 Å². The number of likely N-dealkylation sites (N-methyl/N-ethyl adjacent to an activating group) is 1. The first-order chi connectivity index (χ1) is 21.0. The zero-order chi connectivity index (χ0) is 33.6. The number of pyridine rings is 2. The van der Waals surface area contributed by atoms with Crippen molar-refractivity contribution in [1.29, 1.82) is 5.26 Å². The highest BCUT2D eigenvalue weighted by atomic mass is 35.5. The van der Waals surface area contributed by atoms with Crippen LogP contribution in [0.15, 0.2) is 47.4 Å². The van der Waals surface area contributed by atoms with Gasteiger partial charge in [-0.25, -0.2) is 4.98 Å². The predicted octanol–water partition coefficient (Wildman–Crippen LogP) is 5.79. The second-order valence-corrected chi connectivity index (χ2v) is 11.9. The summed E-state index contributed by atoms with van der Waals surface area (Å²) in [6, 6.07) is 8.34. The fourth-order valence-corrected chi connectivity index (χ4v) is 5.31. The second-order valence-electron chi connectivity index (χ2n) is 11.5. The Balaban J connectivity index is 2.11. The van der Waals surface area contributed by atoms with Crippen LogP contribution in [-0.2, 0) is 22.2 Å². The predicted molar refractivity (Wildman–Crippen MR) is 164 cm³/mol. The molecule has 0 bridgehead atoms. The Morgan fingerprint density at radius 2 is 1.89 bits per heavy atom. The van der Waals surface area contributed by atoms with E-state index in [0.717, 1.165) is 16.3 Å². The molecule has 3 rings (SSSR count). The average Bonchev–Trinajstić information content (AvgIpc) is 2.93. The number of rotatable bonds is 12. The molecule has 0 saturated heterocycles. The lowest BCUT2D eigenvalue weighted by Crippen LogP contribution is -2.41. The van der Waals surface area contributed by atoms with Gasteiger partial charge in [-0.3, -0.25) is 14.4 Å². The summed E-state index contributed by atoms with van der Waals surface area (Å²) in [5.74, 6) is -2.21. The summed E-state index contributed by atoms with van der Waals surface area (Å²) in [5, 5.41) is 22.0. The smallest absolute Gasteiger partial charge is 0.416 e. The highest BCUT2D eigenvalue weighted by Crippen LogP contribution is 2.33. The third kappa shape index (κ3) is 9.15. The van der Waals surface area contributed by atoms with Crippen molar-refractivity contribution in [2.24, 2.45) is 5.92 Å². The minimum atomic E-state index is -4.78. The van der Waals surface area contributed by atoms with Gasteiger partial charge in [0.25, 0.3) is 5.56 Å². The number of carbonyl (C=O) groups excluding carboxylic acids is 1. The van der Waals surface area contributed by atoms with Gasteiger partial charge in [-0.15, -0.1) is 0 Å². The summed E-state index contributed by atoms with van der Waals surface area (Å²) in [7, 11) is 3.41. The number of aryl methyl sites for hydroxylation is 1. The normalized spacial score (nSPS) is 13.0. The fraction of sp³-hybridized carbons (Fsp3) is 0.406. The first-order valence-electron chi connectivity index (χ1n) is 14.2. The van der Waals surface area contributed by atoms with Crippen LogP contribution in [0.4, 0.5) is 13.2 Å². The first kappa shape index (κ1) is 35.3. The second kappa shape index (κ2) is 14.7. The number of alkyl halides is 3. The molecular weight excluding hydrogens is 611 g/mol. The molecule has 0 aliphatic heterocycles. The molecular formula is C32H35ClF3N5O4. The van der Waals surface area contributed by atoms with E-state index in [9.17, 15) is 37.9 Å². The zero-order valence-corrected chi connectivity index (χ0v) is 26.3. The maximum absolute atomic E-state index is 13.9. The van der Waals surface area contributed by atoms with Crippen LogP contribution in [0.25, 0.3) is 11.1 Å². The molecule has 1 aromatic carbocycles. The molecule has 1 amide bonds. The zero-order valence-electron chi connectivity index (χ0n) is 25.6. The van der Waals surface area contributed by atoms with Crippen LogP contribution in [0.1, 0.15) is 66.7 Å². The summed E-state index contributed by atoms with van der Waals surface area (Å²) in [6.45, 7) is 5.64. The monoisotopic (exact) mass is 645 g/mol. The number of hydrogen-bond acceptors (Lipinski definition) is 6. The van der Waals surface area contributed by atoms with Crippen molar-refractivity contribution in [2.75, 3.05) is 20.6 Å². The van der Waals surface area contributed by atoms with Crippen LogP contribution in [0.2, 0.25) is 5.15 Å². The molecule has 45 heavy (non-hydrogen) atoms. The Labute approximate surface area is 264 Å². The summed E-state index contributed by atoms with van der Waals surface area (Å²) in [5.41, 5.74) is 0.00972. The van der Waals surface area contributed by atoms with Gasteiger partial charge in [0.2, 0.25) is 5.91 Å². The van der Waals surface area contributed by atoms with Crippen LogP contribution in [0.3, 0.4) is 0 Å². The minimum absolute atomic E-state index is 0.0116. The Bertz CT molecular complexity index is 1660. The lowest BCUT2D eigenvalue weighted by Gasteiger charge is -2.26. The Morgan fingerprint density at radius 3 is 2.47 bits per heavy atom. The number of amides is 1. The maximum atomic E-state index is 13.9. The van der Waals surface area contributed by atoms with Crippen molar-refractivity contribution in [3.05, 3.63) is 86.0 Å². The third-order valence-corrected chi connectivity index (χ3v) is 7.37. The van der Waals surface area contributed by atoms with E-state index in [1.807, 2.05) is 0 Å². The number of carbonyl (C=O) groups is 2. The van der Waals surface area contributed by atoms with E-state index in [0.29, 0.717) is 22.8 Å². The summed E-state index contributed by atoms with van der Waals surface area (Å²) in [4.78, 5) is 44.8. The van der Waals surface area contributed by atoms with Crippen molar-refractivity contribution in [3.63, 3.8) is 0 Å². The van der Waals surface area contributed by atoms with Crippen LogP contribution in [0, 0.1) is 24.2 Å². The number of carboxylic acid groups (broad SMARTS) is 1. The number of nitrogens with zero attached hydrogens (tertiary/aromatic N) is 4. The quantitative estimate of drug-likeness (QED) is 0.239. The number of halogens is 4. The number of nitrogens with one attached hydrogen (secondary N) is 1. The Hall–Kier alpha value is -4.21. The van der Waals surface area contributed by atoms with Crippen LogP contribution < -0.4 is 10.9 Å². The van der Waals surface area contributed by atoms with Crippen molar-refractivity contribution in [3.8, 4) is 17.2 Å². The van der Waals surface area contributed by atoms with E-state index in [-0.39, 0.29) is 41.7 Å². The van der Waals surface area contributed by atoms with Gasteiger partial charge in [0.05, 0.1) is 35.4 Å². The molecule has 0 fully saturated rings.